The highest BCUT2D eigenvalue weighted by Gasteiger charge is 2.13. The second-order valence-corrected chi connectivity index (χ2v) is 6.95. The van der Waals surface area contributed by atoms with E-state index >= 15 is 0 Å². The summed E-state index contributed by atoms with van der Waals surface area (Å²) >= 11 is 0. The first-order chi connectivity index (χ1) is 13.2. The van der Waals surface area contributed by atoms with Crippen LogP contribution in [0.2, 0.25) is 0 Å². The highest BCUT2D eigenvalue weighted by molar-refractivity contribution is 5.90. The number of amides is 1. The van der Waals surface area contributed by atoms with Gasteiger partial charge in [-0.1, -0.05) is 45.1 Å². The SMILES string of the molecule is C/C=C(C(/C)=C/c1cc2cccc([N+](=O)[O-])c2[nH]1)\C(=C/C)NC=O.CC(C)C. The van der Waals surface area contributed by atoms with E-state index in [2.05, 4.69) is 31.1 Å². The van der Waals surface area contributed by atoms with E-state index in [-0.39, 0.29) is 5.69 Å². The number of aromatic amines is 1. The summed E-state index contributed by atoms with van der Waals surface area (Å²) in [6, 6.07) is 6.83. The molecular weight excluding hydrogens is 354 g/mol. The number of nitrogens with one attached hydrogen (secondary N) is 2. The number of aromatic nitrogens is 1. The minimum absolute atomic E-state index is 0.0489. The number of H-pyrrole nitrogens is 1. The van der Waals surface area contributed by atoms with Crippen LogP contribution >= 0.6 is 0 Å². The van der Waals surface area contributed by atoms with Crippen LogP contribution in [0.4, 0.5) is 5.69 Å². The van der Waals surface area contributed by atoms with E-state index in [1.165, 1.54) is 6.07 Å². The number of non-ortho nitro benzene ring substituents is 1. The summed E-state index contributed by atoms with van der Waals surface area (Å²) in [5, 5.41) is 14.6. The summed E-state index contributed by atoms with van der Waals surface area (Å²) in [5.41, 5.74) is 3.83. The topological polar surface area (TPSA) is 88.0 Å². The number of carbonyl (C=O) groups is 1. The Kier molecular flexibility index (Phi) is 8.88. The van der Waals surface area contributed by atoms with Gasteiger partial charge in [-0.05, 0) is 50.0 Å². The number of benzene rings is 1. The average molecular weight is 383 g/mol. The third-order valence-corrected chi connectivity index (χ3v) is 3.73. The molecule has 0 atom stereocenters. The minimum atomic E-state index is -0.400. The van der Waals surface area contributed by atoms with Crippen molar-refractivity contribution in [2.45, 2.75) is 41.5 Å². The van der Waals surface area contributed by atoms with Gasteiger partial charge in [0.05, 0.1) is 4.92 Å². The van der Waals surface area contributed by atoms with Gasteiger partial charge in [0.25, 0.3) is 5.69 Å². The molecule has 0 saturated heterocycles. The van der Waals surface area contributed by atoms with Gasteiger partial charge in [-0.3, -0.25) is 14.9 Å². The number of carbonyl (C=O) groups excluding carboxylic acids is 1. The Morgan fingerprint density at radius 1 is 1.21 bits per heavy atom. The van der Waals surface area contributed by atoms with Crippen molar-refractivity contribution < 1.29 is 9.72 Å². The van der Waals surface area contributed by atoms with Gasteiger partial charge in [-0.25, -0.2) is 0 Å². The number of fused-ring (bicyclic) bond motifs is 1. The first kappa shape index (κ1) is 22.9. The fourth-order valence-electron chi connectivity index (χ4n) is 2.68. The lowest BCUT2D eigenvalue weighted by Crippen LogP contribution is -2.12. The van der Waals surface area contributed by atoms with Gasteiger partial charge in [0.2, 0.25) is 6.41 Å². The van der Waals surface area contributed by atoms with Gasteiger partial charge in [0.1, 0.15) is 5.52 Å². The maximum Gasteiger partial charge on any atom is 0.293 e. The molecule has 28 heavy (non-hydrogen) atoms. The van der Waals surface area contributed by atoms with Crippen LogP contribution in [0.3, 0.4) is 0 Å². The lowest BCUT2D eigenvalue weighted by molar-refractivity contribution is -0.383. The molecule has 1 aromatic carbocycles. The van der Waals surface area contributed by atoms with Crippen molar-refractivity contribution in [1.29, 1.82) is 0 Å². The molecule has 0 spiro atoms. The monoisotopic (exact) mass is 383 g/mol. The van der Waals surface area contributed by atoms with Crippen LogP contribution in [0.15, 0.2) is 53.3 Å². The van der Waals surface area contributed by atoms with Crippen molar-refractivity contribution in [3.8, 4) is 0 Å². The number of para-hydroxylation sites is 1. The standard InChI is InChI=1S/C18H19N3O3.C4H10/c1-4-15(16(5-2)19-11-22)12(3)9-14-10-13-7-6-8-17(21(23)24)18(13)20-14;1-4(2)3/h4-11,20H,1-3H3,(H,19,22);4H,1-3H3/b12-9+,15-4-,16-5+;. The van der Waals surface area contributed by atoms with Crippen molar-refractivity contribution >= 4 is 29.1 Å². The molecule has 2 N–H and O–H groups in total. The molecule has 0 saturated carbocycles. The molecule has 150 valence electrons. The van der Waals surface area contributed by atoms with E-state index in [9.17, 15) is 14.9 Å². The van der Waals surface area contributed by atoms with Crippen molar-refractivity contribution in [1.82, 2.24) is 10.3 Å². The zero-order valence-electron chi connectivity index (χ0n) is 17.4. The van der Waals surface area contributed by atoms with Crippen LogP contribution in [0.5, 0.6) is 0 Å². The lowest BCUT2D eigenvalue weighted by Gasteiger charge is -2.11. The highest BCUT2D eigenvalue weighted by atomic mass is 16.6. The maximum atomic E-state index is 11.1. The molecule has 1 aromatic heterocycles. The molecule has 2 aromatic rings. The minimum Gasteiger partial charge on any atom is -0.349 e. The molecule has 6 heteroatoms. The Morgan fingerprint density at radius 3 is 2.36 bits per heavy atom. The van der Waals surface area contributed by atoms with E-state index in [1.807, 2.05) is 51.1 Å². The number of allylic oxidation sites excluding steroid dienone is 3. The zero-order chi connectivity index (χ0) is 21.3. The lowest BCUT2D eigenvalue weighted by atomic mass is 10.0. The fourth-order valence-corrected chi connectivity index (χ4v) is 2.68. The molecule has 0 aliphatic carbocycles. The van der Waals surface area contributed by atoms with Gasteiger partial charge < -0.3 is 10.3 Å². The molecule has 1 heterocycles. The molecule has 0 aliphatic heterocycles. The molecule has 0 radical (unpaired) electrons. The first-order valence-corrected chi connectivity index (χ1v) is 9.23. The van der Waals surface area contributed by atoms with Gasteiger partial charge in [-0.15, -0.1) is 0 Å². The van der Waals surface area contributed by atoms with Crippen LogP contribution in [-0.4, -0.2) is 16.3 Å². The largest absolute Gasteiger partial charge is 0.349 e. The Balaban J connectivity index is 0.000000892. The van der Waals surface area contributed by atoms with Crippen molar-refractivity contribution in [3.63, 3.8) is 0 Å². The second-order valence-electron chi connectivity index (χ2n) is 6.95. The number of nitro benzene ring substituents is 1. The summed E-state index contributed by atoms with van der Waals surface area (Å²) < 4.78 is 0. The molecular formula is C22H29N3O3. The highest BCUT2D eigenvalue weighted by Crippen LogP contribution is 2.27. The summed E-state index contributed by atoms with van der Waals surface area (Å²) in [4.78, 5) is 24.5. The van der Waals surface area contributed by atoms with Crippen LogP contribution in [0.1, 0.15) is 47.2 Å². The summed E-state index contributed by atoms with van der Waals surface area (Å²) in [5.74, 6) is 0.833. The number of hydrogen-bond acceptors (Lipinski definition) is 3. The maximum absolute atomic E-state index is 11.1. The molecule has 0 bridgehead atoms. The van der Waals surface area contributed by atoms with Crippen LogP contribution < -0.4 is 5.32 Å². The van der Waals surface area contributed by atoms with E-state index in [0.29, 0.717) is 17.6 Å². The molecule has 6 nitrogen and oxygen atoms in total. The van der Waals surface area contributed by atoms with E-state index < -0.39 is 4.92 Å². The van der Waals surface area contributed by atoms with Crippen molar-refractivity contribution in [3.05, 3.63) is 69.1 Å². The van der Waals surface area contributed by atoms with Crippen LogP contribution in [0.25, 0.3) is 17.0 Å². The van der Waals surface area contributed by atoms with Gasteiger partial charge in [-0.2, -0.15) is 0 Å². The molecule has 2 rings (SSSR count). The summed E-state index contributed by atoms with van der Waals surface area (Å²) in [7, 11) is 0. The Labute approximate surface area is 166 Å². The van der Waals surface area contributed by atoms with Crippen molar-refractivity contribution in [2.24, 2.45) is 5.92 Å². The number of rotatable bonds is 6. The number of nitro groups is 1. The van der Waals surface area contributed by atoms with E-state index in [0.717, 1.165) is 28.1 Å². The number of hydrogen-bond donors (Lipinski definition) is 2. The second kappa shape index (κ2) is 10.9. The van der Waals surface area contributed by atoms with E-state index in [4.69, 9.17) is 0 Å². The third kappa shape index (κ3) is 6.23. The fraction of sp³-hybridized carbons (Fsp3) is 0.318. The summed E-state index contributed by atoms with van der Waals surface area (Å²) in [6.45, 7) is 12.2. The van der Waals surface area contributed by atoms with Crippen LogP contribution in [0, 0.1) is 16.0 Å². The zero-order valence-corrected chi connectivity index (χ0v) is 17.4. The predicted molar refractivity (Wildman–Crippen MR) is 116 cm³/mol. The van der Waals surface area contributed by atoms with Gasteiger partial charge >= 0.3 is 0 Å². The molecule has 0 aliphatic rings. The Morgan fingerprint density at radius 2 is 1.86 bits per heavy atom. The Hall–Kier alpha value is -3.15. The summed E-state index contributed by atoms with van der Waals surface area (Å²) in [6.07, 6.45) is 6.26. The first-order valence-electron chi connectivity index (χ1n) is 9.23. The molecule has 0 fully saturated rings. The van der Waals surface area contributed by atoms with E-state index in [1.54, 1.807) is 6.07 Å². The smallest absolute Gasteiger partial charge is 0.293 e. The Bertz CT molecular complexity index is 915. The quantitative estimate of drug-likeness (QED) is 0.289. The van der Waals surface area contributed by atoms with Gasteiger partial charge in [0.15, 0.2) is 0 Å². The third-order valence-electron chi connectivity index (χ3n) is 3.73. The molecule has 0 unspecified atom stereocenters. The predicted octanol–water partition coefficient (Wildman–Crippen LogP) is 5.74. The van der Waals surface area contributed by atoms with Gasteiger partial charge in [0, 0.05) is 22.8 Å². The normalized spacial score (nSPS) is 12.6. The van der Waals surface area contributed by atoms with Crippen molar-refractivity contribution in [2.75, 3.05) is 0 Å². The average Bonchev–Trinajstić information content (AvgIpc) is 3.02. The molecule has 1 amide bonds. The van der Waals surface area contributed by atoms with Crippen LogP contribution in [-0.2, 0) is 4.79 Å². The number of nitrogens with zero attached hydrogens (tertiary/aromatic N) is 1.